The van der Waals surface area contributed by atoms with Gasteiger partial charge in [-0.05, 0) is 67.1 Å². The standard InChI is InChI=1S/C33H26Cl2N6O2/c1-19-29-30(20-13-14-27(42-2)28(15-20)43-3)40-26-12-8-7-11-25(26)37-31(36-23-17-21(34)16-22(35)18-23)33(40)38-32(29)41(39-19)24-9-5-4-6-10-24/h4-18,30H,1-3H3,(H,36,37)/t30-/m0/s1. The number of para-hydroxylation sites is 3. The molecule has 8 nitrogen and oxygen atoms in total. The van der Waals surface area contributed by atoms with Gasteiger partial charge in [0.15, 0.2) is 29.0 Å². The van der Waals surface area contributed by atoms with Crippen LogP contribution in [0.25, 0.3) is 5.69 Å². The number of ether oxygens (including phenoxy) is 2. The molecule has 1 atom stereocenters. The summed E-state index contributed by atoms with van der Waals surface area (Å²) in [6.45, 7) is 2.02. The Hall–Kier alpha value is -4.79. The maximum absolute atomic E-state index is 6.36. The predicted molar refractivity (Wildman–Crippen MR) is 173 cm³/mol. The molecule has 0 unspecified atom stereocenters. The van der Waals surface area contributed by atoms with E-state index in [1.807, 2.05) is 72.3 Å². The van der Waals surface area contributed by atoms with Crippen molar-refractivity contribution >= 4 is 57.8 Å². The van der Waals surface area contributed by atoms with E-state index in [9.17, 15) is 0 Å². The Morgan fingerprint density at radius 3 is 2.26 bits per heavy atom. The van der Waals surface area contributed by atoms with Gasteiger partial charge in [0.1, 0.15) is 0 Å². The van der Waals surface area contributed by atoms with Gasteiger partial charge in [-0.15, -0.1) is 0 Å². The molecule has 3 heterocycles. The summed E-state index contributed by atoms with van der Waals surface area (Å²) in [7, 11) is 3.27. The van der Waals surface area contributed by atoms with E-state index in [1.54, 1.807) is 32.4 Å². The largest absolute Gasteiger partial charge is 0.493 e. The van der Waals surface area contributed by atoms with Gasteiger partial charge in [-0.2, -0.15) is 5.10 Å². The number of anilines is 2. The molecule has 0 aliphatic carbocycles. The zero-order valence-electron chi connectivity index (χ0n) is 23.5. The summed E-state index contributed by atoms with van der Waals surface area (Å²) in [5.74, 6) is 3.16. The summed E-state index contributed by atoms with van der Waals surface area (Å²) < 4.78 is 13.2. The molecule has 0 saturated carbocycles. The van der Waals surface area contributed by atoms with Crippen LogP contribution in [0.4, 0.5) is 22.9 Å². The average Bonchev–Trinajstić information content (AvgIpc) is 3.35. The van der Waals surface area contributed by atoms with Gasteiger partial charge in [0.25, 0.3) is 0 Å². The highest BCUT2D eigenvalue weighted by molar-refractivity contribution is 6.52. The monoisotopic (exact) mass is 608 g/mol. The van der Waals surface area contributed by atoms with Crippen molar-refractivity contribution in [3.05, 3.63) is 118 Å². The number of aryl methyl sites for hydroxylation is 1. The third-order valence-electron chi connectivity index (χ3n) is 7.49. The van der Waals surface area contributed by atoms with Gasteiger partial charge in [-0.25, -0.2) is 14.7 Å². The molecular weight excluding hydrogens is 583 g/mol. The quantitative estimate of drug-likeness (QED) is 0.217. The molecule has 2 aliphatic rings. The van der Waals surface area contributed by atoms with Crippen LogP contribution >= 0.6 is 23.2 Å². The van der Waals surface area contributed by atoms with E-state index in [0.29, 0.717) is 44.7 Å². The lowest BCUT2D eigenvalue weighted by Crippen LogP contribution is -2.46. The molecule has 1 N–H and O–H groups in total. The molecule has 7 rings (SSSR count). The fourth-order valence-corrected chi connectivity index (χ4v) is 6.17. The average molecular weight is 610 g/mol. The second kappa shape index (κ2) is 10.8. The number of methoxy groups -OCH3 is 2. The van der Waals surface area contributed by atoms with Gasteiger partial charge in [0.05, 0.1) is 43.0 Å². The molecule has 0 bridgehead atoms. The molecule has 4 aromatic carbocycles. The number of halogens is 2. The molecule has 5 aromatic rings. The van der Waals surface area contributed by atoms with Crippen molar-refractivity contribution in [2.24, 2.45) is 9.98 Å². The van der Waals surface area contributed by atoms with Crippen LogP contribution in [0.15, 0.2) is 101 Å². The van der Waals surface area contributed by atoms with Crippen molar-refractivity contribution in [3.63, 3.8) is 0 Å². The lowest BCUT2D eigenvalue weighted by molar-refractivity contribution is 0.354. The molecule has 1 aromatic heterocycles. The summed E-state index contributed by atoms with van der Waals surface area (Å²) in [5.41, 5.74) is 6.11. The summed E-state index contributed by atoms with van der Waals surface area (Å²) in [6.07, 6.45) is 0. The number of nitrogens with one attached hydrogen (secondary N) is 1. The van der Waals surface area contributed by atoms with Crippen LogP contribution in [-0.2, 0) is 0 Å². The highest BCUT2D eigenvalue weighted by Crippen LogP contribution is 2.49. The first-order valence-corrected chi connectivity index (χ1v) is 14.4. The number of aliphatic imine (C=N–C) groups is 2. The molecule has 0 saturated heterocycles. The highest BCUT2D eigenvalue weighted by Gasteiger charge is 2.41. The molecule has 0 fully saturated rings. The van der Waals surface area contributed by atoms with Crippen LogP contribution in [0.5, 0.6) is 11.5 Å². The van der Waals surface area contributed by atoms with Crippen LogP contribution in [0.3, 0.4) is 0 Å². The minimum Gasteiger partial charge on any atom is -0.493 e. The highest BCUT2D eigenvalue weighted by atomic mass is 35.5. The molecule has 10 heteroatoms. The zero-order chi connectivity index (χ0) is 29.7. The minimum absolute atomic E-state index is 0.323. The van der Waals surface area contributed by atoms with E-state index in [2.05, 4.69) is 22.3 Å². The first kappa shape index (κ1) is 27.1. The van der Waals surface area contributed by atoms with Crippen molar-refractivity contribution in [2.75, 3.05) is 24.4 Å². The number of fused-ring (bicyclic) bond motifs is 4. The number of amidine groups is 2. The smallest absolute Gasteiger partial charge is 0.179 e. The van der Waals surface area contributed by atoms with E-state index in [0.717, 1.165) is 33.9 Å². The van der Waals surface area contributed by atoms with E-state index < -0.39 is 0 Å². The van der Waals surface area contributed by atoms with Crippen LogP contribution in [0, 0.1) is 6.92 Å². The Kier molecular flexibility index (Phi) is 6.80. The third kappa shape index (κ3) is 4.69. The van der Waals surface area contributed by atoms with Crippen molar-refractivity contribution < 1.29 is 9.47 Å². The zero-order valence-corrected chi connectivity index (χ0v) is 25.1. The molecule has 214 valence electrons. The Labute approximate surface area is 258 Å². The Bertz CT molecular complexity index is 1920. The van der Waals surface area contributed by atoms with Crippen LogP contribution in [-0.4, -0.2) is 35.7 Å². The maximum atomic E-state index is 6.36. The Morgan fingerprint density at radius 1 is 0.791 bits per heavy atom. The number of aromatic nitrogens is 2. The molecule has 43 heavy (non-hydrogen) atoms. The van der Waals surface area contributed by atoms with Crippen molar-refractivity contribution in [2.45, 2.75) is 13.0 Å². The van der Waals surface area contributed by atoms with Gasteiger partial charge in [-0.1, -0.05) is 59.6 Å². The fourth-order valence-electron chi connectivity index (χ4n) is 5.65. The summed E-state index contributed by atoms with van der Waals surface area (Å²) >= 11 is 12.7. The normalized spacial score (nSPS) is 15.1. The molecule has 0 radical (unpaired) electrons. The van der Waals surface area contributed by atoms with Gasteiger partial charge in [0.2, 0.25) is 0 Å². The molecular formula is C33H26Cl2N6O2. The lowest BCUT2D eigenvalue weighted by atomic mass is 9.93. The summed E-state index contributed by atoms with van der Waals surface area (Å²) in [6, 6.07) is 29.0. The van der Waals surface area contributed by atoms with Crippen LogP contribution in [0.2, 0.25) is 10.0 Å². The van der Waals surface area contributed by atoms with Gasteiger partial charge >= 0.3 is 0 Å². The third-order valence-corrected chi connectivity index (χ3v) is 7.92. The second-order valence-electron chi connectivity index (χ2n) is 10.1. The van der Waals surface area contributed by atoms with Crippen molar-refractivity contribution in [3.8, 4) is 17.2 Å². The van der Waals surface area contributed by atoms with Crippen molar-refractivity contribution in [1.82, 2.24) is 9.78 Å². The topological polar surface area (TPSA) is 76.3 Å². The summed E-state index contributed by atoms with van der Waals surface area (Å²) in [4.78, 5) is 12.5. The first-order chi connectivity index (χ1) is 20.9. The second-order valence-corrected chi connectivity index (χ2v) is 11.0. The lowest BCUT2D eigenvalue weighted by Gasteiger charge is -2.40. The number of benzene rings is 4. The van der Waals surface area contributed by atoms with Gasteiger partial charge in [0, 0.05) is 21.3 Å². The van der Waals surface area contributed by atoms with E-state index in [-0.39, 0.29) is 6.04 Å². The number of rotatable bonds is 5. The van der Waals surface area contributed by atoms with E-state index in [4.69, 9.17) is 47.8 Å². The molecule has 0 spiro atoms. The maximum Gasteiger partial charge on any atom is 0.179 e. The summed E-state index contributed by atoms with van der Waals surface area (Å²) in [5, 5.41) is 9.46. The number of hydrogen-bond donors (Lipinski definition) is 1. The first-order valence-electron chi connectivity index (χ1n) is 13.6. The SMILES string of the molecule is COc1ccc([C@H]2c3c(C)nn(-c4ccccc4)c3N=C3C(Nc4cc(Cl)cc(Cl)c4)=Nc4ccccc4N32)cc1OC. The fraction of sp³-hybridized carbons (Fsp3) is 0.121. The minimum atomic E-state index is -0.323. The Morgan fingerprint density at radius 2 is 1.51 bits per heavy atom. The van der Waals surface area contributed by atoms with Crippen molar-refractivity contribution in [1.29, 1.82) is 0 Å². The van der Waals surface area contributed by atoms with E-state index in [1.165, 1.54) is 0 Å². The number of nitrogens with zero attached hydrogens (tertiary/aromatic N) is 5. The van der Waals surface area contributed by atoms with E-state index >= 15 is 0 Å². The predicted octanol–water partition coefficient (Wildman–Crippen LogP) is 8.30. The van der Waals surface area contributed by atoms with Gasteiger partial charge in [-0.3, -0.25) is 0 Å². The van der Waals surface area contributed by atoms with Crippen LogP contribution < -0.4 is 19.7 Å². The number of hydrogen-bond acceptors (Lipinski definition) is 7. The molecule has 2 aliphatic heterocycles. The molecule has 0 amide bonds. The van der Waals surface area contributed by atoms with Gasteiger partial charge < -0.3 is 19.7 Å². The Balaban J connectivity index is 1.50. The van der Waals surface area contributed by atoms with Crippen LogP contribution in [0.1, 0.15) is 22.9 Å².